The molecule has 130 valence electrons. The van der Waals surface area contributed by atoms with Gasteiger partial charge in [0.1, 0.15) is 6.33 Å². The fourth-order valence-corrected chi connectivity index (χ4v) is 4.16. The van der Waals surface area contributed by atoms with Crippen molar-refractivity contribution in [1.29, 1.82) is 0 Å². The smallest absolute Gasteiger partial charge is 0.266 e. The van der Waals surface area contributed by atoms with E-state index in [-0.39, 0.29) is 11.6 Å². The third-order valence-corrected chi connectivity index (χ3v) is 5.76. The molecule has 1 aliphatic heterocycles. The Labute approximate surface area is 149 Å². The molecule has 0 saturated carbocycles. The van der Waals surface area contributed by atoms with Crippen LogP contribution in [0.5, 0.6) is 0 Å². The number of hydrogen-bond acceptors (Lipinski definition) is 6. The van der Waals surface area contributed by atoms with E-state index in [0.717, 1.165) is 30.2 Å². The Morgan fingerprint density at radius 3 is 2.92 bits per heavy atom. The lowest BCUT2D eigenvalue weighted by Gasteiger charge is -2.24. The van der Waals surface area contributed by atoms with Crippen LogP contribution in [0.3, 0.4) is 0 Å². The molecular formula is C17H20N6OS. The summed E-state index contributed by atoms with van der Waals surface area (Å²) in [6.07, 6.45) is 7.35. The van der Waals surface area contributed by atoms with Gasteiger partial charge in [0.2, 0.25) is 0 Å². The van der Waals surface area contributed by atoms with Crippen molar-refractivity contribution in [3.05, 3.63) is 51.8 Å². The van der Waals surface area contributed by atoms with Gasteiger partial charge in [-0.25, -0.2) is 14.6 Å². The van der Waals surface area contributed by atoms with Crippen molar-refractivity contribution < 1.29 is 0 Å². The lowest BCUT2D eigenvalue weighted by molar-refractivity contribution is 0.485. The Balaban J connectivity index is 1.60. The standard InChI is InChI=1S/C17H20N6OS/c1-12-13(2)25-17(19-12)22-8-3-4-14(22)10-23-16(24)6-5-15(20-23)21-9-7-18-11-21/h5-7,9,11,14H,3-4,8,10H2,1-2H3. The van der Waals surface area contributed by atoms with E-state index in [4.69, 9.17) is 0 Å². The van der Waals surface area contributed by atoms with Crippen molar-refractivity contribution in [2.24, 2.45) is 0 Å². The first-order chi connectivity index (χ1) is 12.1. The summed E-state index contributed by atoms with van der Waals surface area (Å²) in [5.41, 5.74) is 1.00. The van der Waals surface area contributed by atoms with Crippen LogP contribution in [-0.4, -0.2) is 36.9 Å². The molecule has 1 fully saturated rings. The van der Waals surface area contributed by atoms with Crippen LogP contribution in [0.2, 0.25) is 0 Å². The van der Waals surface area contributed by atoms with Crippen molar-refractivity contribution in [3.8, 4) is 5.82 Å². The molecule has 3 aromatic rings. The van der Waals surface area contributed by atoms with E-state index in [1.165, 1.54) is 4.88 Å². The third-order valence-electron chi connectivity index (χ3n) is 4.65. The number of imidazole rings is 1. The maximum Gasteiger partial charge on any atom is 0.266 e. The van der Waals surface area contributed by atoms with Crippen LogP contribution in [0.1, 0.15) is 23.4 Å². The number of nitrogens with zero attached hydrogens (tertiary/aromatic N) is 6. The molecule has 3 aromatic heterocycles. The molecule has 4 heterocycles. The number of thiazole rings is 1. The quantitative estimate of drug-likeness (QED) is 0.717. The van der Waals surface area contributed by atoms with Crippen LogP contribution in [0.4, 0.5) is 5.13 Å². The third kappa shape index (κ3) is 3.09. The zero-order chi connectivity index (χ0) is 17.4. The molecule has 1 saturated heterocycles. The average Bonchev–Trinajstić information content (AvgIpc) is 3.32. The van der Waals surface area contributed by atoms with Gasteiger partial charge in [-0.15, -0.1) is 11.3 Å². The van der Waals surface area contributed by atoms with E-state index in [1.54, 1.807) is 45.2 Å². The minimum absolute atomic E-state index is 0.0813. The molecule has 0 amide bonds. The summed E-state index contributed by atoms with van der Waals surface area (Å²) in [5, 5.41) is 5.56. The summed E-state index contributed by atoms with van der Waals surface area (Å²) in [4.78, 5) is 24.6. The predicted molar refractivity (Wildman–Crippen MR) is 97.6 cm³/mol. The molecule has 0 bridgehead atoms. The first kappa shape index (κ1) is 16.0. The molecule has 1 unspecified atom stereocenters. The first-order valence-electron chi connectivity index (χ1n) is 8.39. The zero-order valence-electron chi connectivity index (χ0n) is 14.3. The van der Waals surface area contributed by atoms with Gasteiger partial charge in [-0.2, -0.15) is 5.10 Å². The van der Waals surface area contributed by atoms with Crippen molar-refractivity contribution in [3.63, 3.8) is 0 Å². The Bertz CT molecular complexity index is 910. The van der Waals surface area contributed by atoms with E-state index >= 15 is 0 Å². The van der Waals surface area contributed by atoms with Crippen molar-refractivity contribution >= 4 is 16.5 Å². The normalized spacial score (nSPS) is 17.4. The van der Waals surface area contributed by atoms with Crippen molar-refractivity contribution in [2.75, 3.05) is 11.4 Å². The number of anilines is 1. The molecule has 0 aliphatic carbocycles. The van der Waals surface area contributed by atoms with Crippen LogP contribution in [-0.2, 0) is 6.54 Å². The predicted octanol–water partition coefficient (Wildman–Crippen LogP) is 2.17. The second-order valence-corrected chi connectivity index (χ2v) is 7.49. The van der Waals surface area contributed by atoms with Crippen LogP contribution in [0, 0.1) is 13.8 Å². The largest absolute Gasteiger partial charge is 0.343 e. The number of aryl methyl sites for hydroxylation is 2. The Kier molecular flexibility index (Phi) is 4.12. The monoisotopic (exact) mass is 356 g/mol. The highest BCUT2D eigenvalue weighted by Crippen LogP contribution is 2.31. The summed E-state index contributed by atoms with van der Waals surface area (Å²) in [6, 6.07) is 3.54. The number of hydrogen-bond donors (Lipinski definition) is 0. The van der Waals surface area contributed by atoms with Crippen LogP contribution < -0.4 is 10.5 Å². The van der Waals surface area contributed by atoms with Gasteiger partial charge in [0.25, 0.3) is 5.56 Å². The molecule has 1 atom stereocenters. The zero-order valence-corrected chi connectivity index (χ0v) is 15.1. The molecular weight excluding hydrogens is 336 g/mol. The van der Waals surface area contributed by atoms with Crippen molar-refractivity contribution in [2.45, 2.75) is 39.3 Å². The molecule has 0 spiro atoms. The van der Waals surface area contributed by atoms with E-state index < -0.39 is 0 Å². The van der Waals surface area contributed by atoms with Crippen LogP contribution in [0.15, 0.2) is 35.6 Å². The summed E-state index contributed by atoms with van der Waals surface area (Å²) in [5.74, 6) is 0.697. The van der Waals surface area contributed by atoms with Crippen LogP contribution in [0.25, 0.3) is 5.82 Å². The van der Waals surface area contributed by atoms with E-state index in [2.05, 4.69) is 26.9 Å². The molecule has 1 aliphatic rings. The SMILES string of the molecule is Cc1nc(N2CCCC2Cn2nc(-n3ccnc3)ccc2=O)sc1C. The second kappa shape index (κ2) is 6.44. The van der Waals surface area contributed by atoms with Gasteiger partial charge in [-0.05, 0) is 32.8 Å². The maximum atomic E-state index is 12.3. The molecule has 0 N–H and O–H groups in total. The molecule has 0 aromatic carbocycles. The maximum absolute atomic E-state index is 12.3. The van der Waals surface area contributed by atoms with Gasteiger partial charge < -0.3 is 4.90 Å². The summed E-state index contributed by atoms with van der Waals surface area (Å²) in [7, 11) is 0. The highest BCUT2D eigenvalue weighted by atomic mass is 32.1. The lowest BCUT2D eigenvalue weighted by Crippen LogP contribution is -2.37. The van der Waals surface area contributed by atoms with Gasteiger partial charge in [0.05, 0.1) is 18.3 Å². The Hall–Kier alpha value is -2.48. The van der Waals surface area contributed by atoms with Gasteiger partial charge in [0.15, 0.2) is 10.9 Å². The van der Waals surface area contributed by atoms with Gasteiger partial charge >= 0.3 is 0 Å². The minimum atomic E-state index is -0.0813. The fourth-order valence-electron chi connectivity index (χ4n) is 3.16. The molecule has 25 heavy (non-hydrogen) atoms. The molecule has 4 rings (SSSR count). The molecule has 0 radical (unpaired) electrons. The van der Waals surface area contributed by atoms with Gasteiger partial charge in [-0.1, -0.05) is 0 Å². The van der Waals surface area contributed by atoms with E-state index in [9.17, 15) is 4.79 Å². The minimum Gasteiger partial charge on any atom is -0.343 e. The number of aromatic nitrogens is 5. The van der Waals surface area contributed by atoms with E-state index in [0.29, 0.717) is 12.4 Å². The van der Waals surface area contributed by atoms with Crippen LogP contribution >= 0.6 is 11.3 Å². The molecule has 8 heteroatoms. The number of rotatable bonds is 4. The molecule has 7 nitrogen and oxygen atoms in total. The summed E-state index contributed by atoms with van der Waals surface area (Å²) >= 11 is 1.73. The Morgan fingerprint density at radius 1 is 1.32 bits per heavy atom. The van der Waals surface area contributed by atoms with Gasteiger partial charge in [0, 0.05) is 29.9 Å². The topological polar surface area (TPSA) is 68.8 Å². The van der Waals surface area contributed by atoms with Gasteiger partial charge in [-0.3, -0.25) is 9.36 Å². The summed E-state index contributed by atoms with van der Waals surface area (Å²) < 4.78 is 3.36. The average molecular weight is 356 g/mol. The Morgan fingerprint density at radius 2 is 2.20 bits per heavy atom. The highest BCUT2D eigenvalue weighted by molar-refractivity contribution is 7.15. The lowest BCUT2D eigenvalue weighted by atomic mass is 10.2. The highest BCUT2D eigenvalue weighted by Gasteiger charge is 2.28. The van der Waals surface area contributed by atoms with E-state index in [1.807, 2.05) is 13.1 Å². The summed E-state index contributed by atoms with van der Waals surface area (Å²) in [6.45, 7) is 5.69. The fraction of sp³-hybridized carbons (Fsp3) is 0.412. The second-order valence-electron chi connectivity index (χ2n) is 6.31. The first-order valence-corrected chi connectivity index (χ1v) is 9.20. The van der Waals surface area contributed by atoms with Crippen molar-refractivity contribution in [1.82, 2.24) is 24.3 Å².